The van der Waals surface area contributed by atoms with Gasteiger partial charge in [-0.25, -0.2) is 0 Å². The first kappa shape index (κ1) is 13.9. The molecule has 0 aliphatic heterocycles. The molecule has 2 N–H and O–H groups in total. The molecule has 0 radical (unpaired) electrons. The Morgan fingerprint density at radius 2 is 1.80 bits per heavy atom. The van der Waals surface area contributed by atoms with Crippen molar-refractivity contribution in [1.82, 2.24) is 0 Å². The standard InChI is InChI=1S/C9H8F3NO.ClH/c10-9(11,12)7-4-2-1-3-6(7)8(14)5-13;/h1-4H,5,13H2;1H. The van der Waals surface area contributed by atoms with Gasteiger partial charge in [0.2, 0.25) is 0 Å². The lowest BCUT2D eigenvalue weighted by Gasteiger charge is -2.10. The topological polar surface area (TPSA) is 43.1 Å². The molecule has 0 bridgehead atoms. The summed E-state index contributed by atoms with van der Waals surface area (Å²) in [6.45, 7) is -0.424. The van der Waals surface area contributed by atoms with Crippen LogP contribution in [-0.2, 0) is 6.18 Å². The number of alkyl halides is 3. The minimum atomic E-state index is -4.51. The van der Waals surface area contributed by atoms with Crippen molar-refractivity contribution in [3.63, 3.8) is 0 Å². The maximum absolute atomic E-state index is 12.4. The van der Waals surface area contributed by atoms with Gasteiger partial charge in [0, 0.05) is 5.56 Å². The van der Waals surface area contributed by atoms with E-state index in [1.54, 1.807) is 0 Å². The summed E-state index contributed by atoms with van der Waals surface area (Å²) in [6, 6.07) is 4.59. The van der Waals surface area contributed by atoms with Crippen molar-refractivity contribution in [2.75, 3.05) is 6.54 Å². The maximum atomic E-state index is 12.4. The van der Waals surface area contributed by atoms with E-state index in [4.69, 9.17) is 5.73 Å². The van der Waals surface area contributed by atoms with Crippen molar-refractivity contribution in [1.29, 1.82) is 0 Å². The Bertz CT molecular complexity index is 351. The summed E-state index contributed by atoms with van der Waals surface area (Å²) in [5.41, 5.74) is 3.69. The van der Waals surface area contributed by atoms with E-state index in [9.17, 15) is 18.0 Å². The SMILES string of the molecule is Cl.NCC(=O)c1ccccc1C(F)(F)F. The van der Waals surface area contributed by atoms with Crippen LogP contribution >= 0.6 is 12.4 Å². The quantitative estimate of drug-likeness (QED) is 0.805. The second kappa shape index (κ2) is 5.14. The lowest BCUT2D eigenvalue weighted by Crippen LogP contribution is -2.19. The highest BCUT2D eigenvalue weighted by molar-refractivity contribution is 5.99. The van der Waals surface area contributed by atoms with Crippen LogP contribution in [0.25, 0.3) is 0 Å². The van der Waals surface area contributed by atoms with E-state index in [0.29, 0.717) is 0 Å². The van der Waals surface area contributed by atoms with Gasteiger partial charge in [0.05, 0.1) is 12.1 Å². The average Bonchev–Trinajstić information content (AvgIpc) is 2.15. The molecule has 0 unspecified atom stereocenters. The fraction of sp³-hybridized carbons (Fsp3) is 0.222. The van der Waals surface area contributed by atoms with Crippen molar-refractivity contribution in [3.8, 4) is 0 Å². The van der Waals surface area contributed by atoms with Gasteiger partial charge in [-0.1, -0.05) is 18.2 Å². The molecule has 0 spiro atoms. The summed E-state index contributed by atoms with van der Waals surface area (Å²) >= 11 is 0. The van der Waals surface area contributed by atoms with Gasteiger partial charge >= 0.3 is 6.18 Å². The van der Waals surface area contributed by atoms with Gasteiger partial charge in [-0.05, 0) is 6.07 Å². The summed E-state index contributed by atoms with van der Waals surface area (Å²) in [4.78, 5) is 11.1. The summed E-state index contributed by atoms with van der Waals surface area (Å²) in [5.74, 6) is -0.710. The number of hydrogen-bond acceptors (Lipinski definition) is 2. The number of Topliss-reactive ketones (excluding diaryl/α,β-unsaturated/α-hetero) is 1. The van der Waals surface area contributed by atoms with Crippen molar-refractivity contribution in [2.24, 2.45) is 5.73 Å². The minimum Gasteiger partial charge on any atom is -0.324 e. The van der Waals surface area contributed by atoms with E-state index in [1.807, 2.05) is 0 Å². The van der Waals surface area contributed by atoms with Gasteiger partial charge in [-0.3, -0.25) is 4.79 Å². The van der Waals surface area contributed by atoms with Gasteiger partial charge < -0.3 is 5.73 Å². The Kier molecular flexibility index (Phi) is 4.77. The molecule has 0 fully saturated rings. The molecule has 0 aliphatic rings. The molecule has 84 valence electrons. The van der Waals surface area contributed by atoms with Gasteiger partial charge in [-0.2, -0.15) is 13.2 Å². The molecule has 6 heteroatoms. The van der Waals surface area contributed by atoms with Crippen LogP contribution in [0, 0.1) is 0 Å². The summed E-state index contributed by atoms with van der Waals surface area (Å²) < 4.78 is 37.1. The molecule has 15 heavy (non-hydrogen) atoms. The number of rotatable bonds is 2. The first-order valence-electron chi connectivity index (χ1n) is 3.86. The molecule has 1 aromatic rings. The Labute approximate surface area is 90.7 Å². The normalized spacial score (nSPS) is 10.7. The zero-order valence-electron chi connectivity index (χ0n) is 7.54. The number of halogens is 4. The van der Waals surface area contributed by atoms with Crippen LogP contribution in [0.5, 0.6) is 0 Å². The van der Waals surface area contributed by atoms with E-state index >= 15 is 0 Å². The summed E-state index contributed by atoms with van der Waals surface area (Å²) in [6.07, 6.45) is -4.51. The second-order valence-electron chi connectivity index (χ2n) is 2.67. The Hall–Kier alpha value is -1.07. The van der Waals surface area contributed by atoms with Crippen molar-refractivity contribution in [3.05, 3.63) is 35.4 Å². The summed E-state index contributed by atoms with van der Waals surface area (Å²) in [5, 5.41) is 0. The highest BCUT2D eigenvalue weighted by Gasteiger charge is 2.34. The number of hydrogen-bond donors (Lipinski definition) is 1. The van der Waals surface area contributed by atoms with Crippen LogP contribution in [0.15, 0.2) is 24.3 Å². The Morgan fingerprint density at radius 3 is 2.27 bits per heavy atom. The Balaban J connectivity index is 0.00000196. The minimum absolute atomic E-state index is 0. The lowest BCUT2D eigenvalue weighted by molar-refractivity contribution is -0.137. The molecule has 0 aromatic heterocycles. The largest absolute Gasteiger partial charge is 0.417 e. The molecular weight excluding hydrogens is 231 g/mol. The van der Waals surface area contributed by atoms with Crippen LogP contribution in [0.2, 0.25) is 0 Å². The van der Waals surface area contributed by atoms with Crippen molar-refractivity contribution < 1.29 is 18.0 Å². The molecule has 2 nitrogen and oxygen atoms in total. The molecule has 1 aromatic carbocycles. The zero-order valence-corrected chi connectivity index (χ0v) is 8.36. The van der Waals surface area contributed by atoms with E-state index in [-0.39, 0.29) is 18.0 Å². The van der Waals surface area contributed by atoms with E-state index in [0.717, 1.165) is 12.1 Å². The zero-order chi connectivity index (χ0) is 10.8. The van der Waals surface area contributed by atoms with Crippen LogP contribution in [0.1, 0.15) is 15.9 Å². The van der Waals surface area contributed by atoms with Gasteiger partial charge in [0.15, 0.2) is 5.78 Å². The van der Waals surface area contributed by atoms with Gasteiger partial charge in [-0.15, -0.1) is 12.4 Å². The molecule has 0 heterocycles. The fourth-order valence-electron chi connectivity index (χ4n) is 1.08. The van der Waals surface area contributed by atoms with E-state index < -0.39 is 24.1 Å². The van der Waals surface area contributed by atoms with Crippen LogP contribution < -0.4 is 5.73 Å². The first-order chi connectivity index (χ1) is 6.46. The average molecular weight is 240 g/mol. The molecule has 0 aliphatic carbocycles. The van der Waals surface area contributed by atoms with Gasteiger partial charge in [0.25, 0.3) is 0 Å². The molecule has 0 amide bonds. The van der Waals surface area contributed by atoms with Crippen LogP contribution in [0.3, 0.4) is 0 Å². The third-order valence-corrected chi connectivity index (χ3v) is 1.72. The monoisotopic (exact) mass is 239 g/mol. The van der Waals surface area contributed by atoms with E-state index in [2.05, 4.69) is 0 Å². The second-order valence-corrected chi connectivity index (χ2v) is 2.67. The third-order valence-electron chi connectivity index (χ3n) is 1.72. The number of ketones is 1. The van der Waals surface area contributed by atoms with Crippen molar-refractivity contribution >= 4 is 18.2 Å². The van der Waals surface area contributed by atoms with Gasteiger partial charge in [0.1, 0.15) is 0 Å². The highest BCUT2D eigenvalue weighted by atomic mass is 35.5. The lowest BCUT2D eigenvalue weighted by atomic mass is 10.0. The number of nitrogens with two attached hydrogens (primary N) is 1. The molecule has 0 atom stereocenters. The predicted molar refractivity (Wildman–Crippen MR) is 52.1 cm³/mol. The molecular formula is C9H9ClF3NO. The van der Waals surface area contributed by atoms with Crippen LogP contribution in [0.4, 0.5) is 13.2 Å². The Morgan fingerprint density at radius 1 is 1.27 bits per heavy atom. The first-order valence-corrected chi connectivity index (χ1v) is 3.86. The third kappa shape index (κ3) is 3.21. The molecule has 0 saturated heterocycles. The maximum Gasteiger partial charge on any atom is 0.417 e. The highest BCUT2D eigenvalue weighted by Crippen LogP contribution is 2.31. The predicted octanol–water partition coefficient (Wildman–Crippen LogP) is 2.27. The number of carbonyl (C=O) groups excluding carboxylic acids is 1. The van der Waals surface area contributed by atoms with Crippen molar-refractivity contribution in [2.45, 2.75) is 6.18 Å². The number of carbonyl (C=O) groups is 1. The molecule has 0 saturated carbocycles. The summed E-state index contributed by atoms with van der Waals surface area (Å²) in [7, 11) is 0. The van der Waals surface area contributed by atoms with Crippen LogP contribution in [-0.4, -0.2) is 12.3 Å². The number of benzene rings is 1. The van der Waals surface area contributed by atoms with E-state index in [1.165, 1.54) is 12.1 Å². The smallest absolute Gasteiger partial charge is 0.324 e. The fourth-order valence-corrected chi connectivity index (χ4v) is 1.08. The molecule has 1 rings (SSSR count).